The number of rotatable bonds is 3. The Morgan fingerprint density at radius 2 is 2.19 bits per heavy atom. The molecule has 1 aliphatic rings. The molecular weight excluding hydrogens is 294 g/mol. The number of hydrogen-bond donors (Lipinski definition) is 1. The molecule has 2 amide bonds. The molecule has 1 N–H and O–H groups in total. The number of halogens is 4. The van der Waals surface area contributed by atoms with Crippen molar-refractivity contribution in [2.45, 2.75) is 12.9 Å². The van der Waals surface area contributed by atoms with Crippen molar-refractivity contribution in [1.29, 1.82) is 0 Å². The largest absolute Gasteiger partial charge is 0.573 e. The molecule has 5 nitrogen and oxygen atoms in total. The molecule has 0 fully saturated rings. The zero-order valence-corrected chi connectivity index (χ0v) is 10.7. The van der Waals surface area contributed by atoms with Crippen LogP contribution in [0.2, 0.25) is 0 Å². The van der Waals surface area contributed by atoms with E-state index in [0.29, 0.717) is 19.2 Å². The molecule has 0 bridgehead atoms. The lowest BCUT2D eigenvalue weighted by atomic mass is 10.2. The van der Waals surface area contributed by atoms with Gasteiger partial charge in [-0.15, -0.1) is 13.2 Å². The van der Waals surface area contributed by atoms with Gasteiger partial charge >= 0.3 is 12.4 Å². The maximum absolute atomic E-state index is 13.6. The highest BCUT2D eigenvalue weighted by Gasteiger charge is 2.31. The molecule has 0 saturated heterocycles. The number of urea groups is 1. The van der Waals surface area contributed by atoms with Gasteiger partial charge in [-0.2, -0.15) is 0 Å². The maximum Gasteiger partial charge on any atom is 0.573 e. The van der Waals surface area contributed by atoms with Gasteiger partial charge in [0.05, 0.1) is 12.9 Å². The van der Waals surface area contributed by atoms with Gasteiger partial charge in [-0.05, 0) is 6.07 Å². The van der Waals surface area contributed by atoms with Crippen LogP contribution in [0.4, 0.5) is 22.4 Å². The lowest BCUT2D eigenvalue weighted by molar-refractivity contribution is -0.274. The van der Waals surface area contributed by atoms with Crippen molar-refractivity contribution in [2.24, 2.45) is 4.99 Å². The third-order valence-electron chi connectivity index (χ3n) is 2.64. The van der Waals surface area contributed by atoms with Crippen LogP contribution in [-0.4, -0.2) is 36.7 Å². The molecule has 2 rings (SSSR count). The van der Waals surface area contributed by atoms with E-state index in [1.165, 1.54) is 11.2 Å². The van der Waals surface area contributed by atoms with Gasteiger partial charge in [-0.3, -0.25) is 9.89 Å². The standard InChI is InChI=1S/C12H11F4N3O2/c13-10-5-9(21-12(14,15)16)2-1-8(10)6-18-11(20)19-4-3-17-7-19/h1-2,5,7H,3-4,6H2,(H,18,20). The Morgan fingerprint density at radius 3 is 2.76 bits per heavy atom. The molecule has 1 heterocycles. The number of alkyl halides is 3. The molecule has 9 heteroatoms. The van der Waals surface area contributed by atoms with Gasteiger partial charge in [0.2, 0.25) is 0 Å². The van der Waals surface area contributed by atoms with Crippen LogP contribution in [0.25, 0.3) is 0 Å². The summed E-state index contributed by atoms with van der Waals surface area (Å²) in [4.78, 5) is 16.8. The molecule has 0 atom stereocenters. The molecule has 0 aliphatic carbocycles. The number of nitrogens with zero attached hydrogens (tertiary/aromatic N) is 2. The predicted molar refractivity (Wildman–Crippen MR) is 65.4 cm³/mol. The van der Waals surface area contributed by atoms with Gasteiger partial charge in [0.15, 0.2) is 0 Å². The summed E-state index contributed by atoms with van der Waals surface area (Å²) in [6, 6.07) is 2.27. The maximum atomic E-state index is 13.6. The summed E-state index contributed by atoms with van der Waals surface area (Å²) >= 11 is 0. The molecule has 0 unspecified atom stereocenters. The van der Waals surface area contributed by atoms with E-state index >= 15 is 0 Å². The van der Waals surface area contributed by atoms with Crippen LogP contribution in [0.3, 0.4) is 0 Å². The normalized spacial score (nSPS) is 14.4. The summed E-state index contributed by atoms with van der Waals surface area (Å²) in [5, 5.41) is 2.44. The predicted octanol–water partition coefficient (Wildman–Crippen LogP) is 2.28. The molecular formula is C12H11F4N3O2. The molecule has 1 aliphatic heterocycles. The monoisotopic (exact) mass is 305 g/mol. The second kappa shape index (κ2) is 5.98. The molecule has 114 valence electrons. The van der Waals surface area contributed by atoms with Crippen LogP contribution in [0, 0.1) is 5.82 Å². The number of nitrogens with one attached hydrogen (secondary N) is 1. The number of hydrogen-bond acceptors (Lipinski definition) is 3. The Hall–Kier alpha value is -2.32. The van der Waals surface area contributed by atoms with Crippen LogP contribution in [0.15, 0.2) is 23.2 Å². The van der Waals surface area contributed by atoms with E-state index in [-0.39, 0.29) is 12.1 Å². The van der Waals surface area contributed by atoms with Gasteiger partial charge in [0.25, 0.3) is 0 Å². The average molecular weight is 305 g/mol. The molecule has 0 aromatic heterocycles. The number of amides is 2. The first-order valence-corrected chi connectivity index (χ1v) is 5.94. The highest BCUT2D eigenvalue weighted by Crippen LogP contribution is 2.24. The van der Waals surface area contributed by atoms with E-state index in [1.807, 2.05) is 0 Å². The lowest BCUT2D eigenvalue weighted by Crippen LogP contribution is -2.37. The SMILES string of the molecule is O=C(NCc1ccc(OC(F)(F)F)cc1F)N1C=NCC1. The van der Waals surface area contributed by atoms with Crippen molar-refractivity contribution in [2.75, 3.05) is 13.1 Å². The molecule has 1 aromatic carbocycles. The Bertz CT molecular complexity index is 560. The molecule has 0 spiro atoms. The zero-order valence-electron chi connectivity index (χ0n) is 10.7. The van der Waals surface area contributed by atoms with Gasteiger partial charge in [-0.1, -0.05) is 6.07 Å². The van der Waals surface area contributed by atoms with E-state index in [9.17, 15) is 22.4 Å². The first-order valence-electron chi connectivity index (χ1n) is 5.94. The van der Waals surface area contributed by atoms with Crippen LogP contribution in [-0.2, 0) is 6.54 Å². The van der Waals surface area contributed by atoms with Crippen molar-refractivity contribution < 1.29 is 27.1 Å². The molecule has 21 heavy (non-hydrogen) atoms. The highest BCUT2D eigenvalue weighted by molar-refractivity contribution is 5.87. The average Bonchev–Trinajstić information content (AvgIpc) is 2.89. The van der Waals surface area contributed by atoms with E-state index in [4.69, 9.17) is 0 Å². The van der Waals surface area contributed by atoms with Crippen LogP contribution < -0.4 is 10.1 Å². The molecule has 1 aromatic rings. The summed E-state index contributed by atoms with van der Waals surface area (Å²) in [6.45, 7) is 0.791. The lowest BCUT2D eigenvalue weighted by Gasteiger charge is -2.14. The Morgan fingerprint density at radius 1 is 1.43 bits per heavy atom. The fourth-order valence-corrected chi connectivity index (χ4v) is 1.67. The van der Waals surface area contributed by atoms with Gasteiger partial charge in [0, 0.05) is 24.7 Å². The van der Waals surface area contributed by atoms with Crippen molar-refractivity contribution in [3.05, 3.63) is 29.6 Å². The van der Waals surface area contributed by atoms with Crippen LogP contribution in [0.1, 0.15) is 5.56 Å². The van der Waals surface area contributed by atoms with Crippen molar-refractivity contribution in [3.63, 3.8) is 0 Å². The quantitative estimate of drug-likeness (QED) is 0.871. The third kappa shape index (κ3) is 4.33. The first-order chi connectivity index (χ1) is 9.85. The number of carbonyl (C=O) groups is 1. The van der Waals surface area contributed by atoms with E-state index < -0.39 is 24.0 Å². The summed E-state index contributed by atoms with van der Waals surface area (Å²) in [6.07, 6.45) is -3.51. The van der Waals surface area contributed by atoms with Crippen LogP contribution in [0.5, 0.6) is 5.75 Å². The minimum Gasteiger partial charge on any atom is -0.406 e. The van der Waals surface area contributed by atoms with Crippen molar-refractivity contribution in [1.82, 2.24) is 10.2 Å². The van der Waals surface area contributed by atoms with Crippen molar-refractivity contribution >= 4 is 12.4 Å². The van der Waals surface area contributed by atoms with Crippen LogP contribution >= 0.6 is 0 Å². The Balaban J connectivity index is 1.94. The zero-order chi connectivity index (χ0) is 15.5. The summed E-state index contributed by atoms with van der Waals surface area (Å²) < 4.78 is 53.1. The second-order valence-corrected chi connectivity index (χ2v) is 4.17. The third-order valence-corrected chi connectivity index (χ3v) is 2.64. The highest BCUT2D eigenvalue weighted by atomic mass is 19.4. The number of ether oxygens (including phenoxy) is 1. The van der Waals surface area contributed by atoms with Crippen molar-refractivity contribution in [3.8, 4) is 5.75 Å². The first kappa shape index (κ1) is 15.1. The number of carbonyl (C=O) groups excluding carboxylic acids is 1. The minimum absolute atomic E-state index is 0.0500. The molecule has 0 saturated carbocycles. The topological polar surface area (TPSA) is 53.9 Å². The second-order valence-electron chi connectivity index (χ2n) is 4.17. The fraction of sp³-hybridized carbons (Fsp3) is 0.333. The van der Waals surface area contributed by atoms with Gasteiger partial charge in [0.1, 0.15) is 11.6 Å². The van der Waals surface area contributed by atoms with E-state index in [0.717, 1.165) is 12.1 Å². The fourth-order valence-electron chi connectivity index (χ4n) is 1.67. The number of benzene rings is 1. The van der Waals surface area contributed by atoms with Gasteiger partial charge < -0.3 is 10.1 Å². The van der Waals surface area contributed by atoms with E-state index in [1.54, 1.807) is 0 Å². The minimum atomic E-state index is -4.88. The summed E-state index contributed by atoms with van der Waals surface area (Å²) in [5.41, 5.74) is 0.0500. The van der Waals surface area contributed by atoms with Gasteiger partial charge in [-0.25, -0.2) is 9.18 Å². The summed E-state index contributed by atoms with van der Waals surface area (Å²) in [7, 11) is 0. The summed E-state index contributed by atoms with van der Waals surface area (Å²) in [5.74, 6) is -1.55. The Kier molecular flexibility index (Phi) is 4.29. The number of aliphatic imine (C=N–C) groups is 1. The molecule has 0 radical (unpaired) electrons. The Labute approximate surface area is 117 Å². The van der Waals surface area contributed by atoms with E-state index in [2.05, 4.69) is 15.0 Å². The smallest absolute Gasteiger partial charge is 0.406 e.